The number of anilines is 1. The number of allylic oxidation sites excluding steroid dienone is 4. The van der Waals surface area contributed by atoms with Gasteiger partial charge in [-0.25, -0.2) is 0 Å². The maximum absolute atomic E-state index is 12.9. The molecule has 0 N–H and O–H groups in total. The Balaban J connectivity index is 1.64. The Morgan fingerprint density at radius 3 is 2.53 bits per heavy atom. The molecule has 0 heterocycles. The van der Waals surface area contributed by atoms with E-state index in [0.717, 1.165) is 38.5 Å². The maximum Gasteiger partial charge on any atom is 0.156 e. The molecule has 1 aromatic rings. The molecule has 0 amide bonds. The highest BCUT2D eigenvalue weighted by Gasteiger charge is 2.57. The third kappa shape index (κ3) is 3.33. The summed E-state index contributed by atoms with van der Waals surface area (Å²) in [6, 6.07) is 9.00. The van der Waals surface area contributed by atoms with Crippen molar-refractivity contribution in [1.29, 1.82) is 0 Å². The van der Waals surface area contributed by atoms with Crippen LogP contribution in [0.5, 0.6) is 0 Å². The second-order valence-electron chi connectivity index (χ2n) is 10.9. The molecule has 1 aromatic carbocycles. The minimum Gasteiger partial charge on any atom is -0.378 e. The quantitative estimate of drug-likeness (QED) is 0.602. The zero-order valence-corrected chi connectivity index (χ0v) is 19.7. The largest absolute Gasteiger partial charge is 0.378 e. The average Bonchev–Trinajstić information content (AvgIpc) is 3.14. The van der Waals surface area contributed by atoms with Gasteiger partial charge in [0.25, 0.3) is 0 Å². The van der Waals surface area contributed by atoms with Gasteiger partial charge in [-0.1, -0.05) is 24.6 Å². The van der Waals surface area contributed by atoms with Crippen LogP contribution in [-0.4, -0.2) is 33.5 Å². The highest BCUT2D eigenvalue weighted by Crippen LogP contribution is 2.65. The molecule has 4 aliphatic carbocycles. The summed E-state index contributed by atoms with van der Waals surface area (Å²) in [6.07, 6.45) is 8.82. The van der Waals surface area contributed by atoms with E-state index in [9.17, 15) is 9.59 Å². The topological polar surface area (TPSA) is 37.4 Å². The van der Waals surface area contributed by atoms with Crippen molar-refractivity contribution in [2.24, 2.45) is 23.2 Å². The van der Waals surface area contributed by atoms with E-state index >= 15 is 0 Å². The van der Waals surface area contributed by atoms with Gasteiger partial charge in [-0.15, -0.1) is 0 Å². The van der Waals surface area contributed by atoms with Gasteiger partial charge < -0.3 is 9.69 Å². The number of fused-ring (bicyclic) bond motifs is 4. The van der Waals surface area contributed by atoms with Crippen molar-refractivity contribution < 1.29 is 9.59 Å². The van der Waals surface area contributed by atoms with Crippen LogP contribution in [0.1, 0.15) is 63.4 Å². The first-order valence-electron chi connectivity index (χ1n) is 12.3. The van der Waals surface area contributed by atoms with E-state index in [1.807, 2.05) is 6.08 Å². The van der Waals surface area contributed by atoms with Crippen LogP contribution < -0.4 is 4.90 Å². The molecule has 0 saturated heterocycles. The normalized spacial score (nSPS) is 33.8. The predicted octanol–water partition coefficient (Wildman–Crippen LogP) is 5.42. The fourth-order valence-corrected chi connectivity index (χ4v) is 7.63. The van der Waals surface area contributed by atoms with E-state index in [1.54, 1.807) is 5.57 Å². The molecule has 0 bridgehead atoms. The summed E-state index contributed by atoms with van der Waals surface area (Å²) >= 11 is 0. The Morgan fingerprint density at radius 2 is 1.84 bits per heavy atom. The fourth-order valence-electron chi connectivity index (χ4n) is 7.63. The molecule has 4 aliphatic rings. The molecule has 5 unspecified atom stereocenters. The van der Waals surface area contributed by atoms with E-state index in [4.69, 9.17) is 7.85 Å². The number of ketones is 2. The summed E-state index contributed by atoms with van der Waals surface area (Å²) in [5.74, 6) is 1.98. The Kier molecular flexibility index (Phi) is 5.46. The minimum absolute atomic E-state index is 0.00176. The maximum atomic E-state index is 12.9. The molecular weight excluding hydrogens is 393 g/mol. The Morgan fingerprint density at radius 1 is 1.09 bits per heavy atom. The molecular formula is C28H34BNO2. The van der Waals surface area contributed by atoms with Crippen molar-refractivity contribution in [2.45, 2.75) is 64.1 Å². The molecule has 2 fully saturated rings. The van der Waals surface area contributed by atoms with Crippen molar-refractivity contribution in [3.05, 3.63) is 52.6 Å². The molecule has 32 heavy (non-hydrogen) atoms. The lowest BCUT2D eigenvalue weighted by molar-refractivity contribution is -0.125. The Hall–Kier alpha value is -2.10. The summed E-state index contributed by atoms with van der Waals surface area (Å²) in [4.78, 5) is 27.2. The number of benzene rings is 1. The van der Waals surface area contributed by atoms with Crippen LogP contribution in [0.25, 0.3) is 0 Å². The van der Waals surface area contributed by atoms with Crippen LogP contribution in [0.4, 0.5) is 5.69 Å². The van der Waals surface area contributed by atoms with Crippen LogP contribution in [0.2, 0.25) is 6.32 Å². The van der Waals surface area contributed by atoms with Crippen molar-refractivity contribution in [2.75, 3.05) is 19.0 Å². The predicted molar refractivity (Wildman–Crippen MR) is 130 cm³/mol. The third-order valence-corrected chi connectivity index (χ3v) is 9.13. The summed E-state index contributed by atoms with van der Waals surface area (Å²) in [7, 11) is 9.99. The molecule has 0 spiro atoms. The van der Waals surface area contributed by atoms with Gasteiger partial charge in [0, 0.05) is 38.0 Å². The van der Waals surface area contributed by atoms with Gasteiger partial charge in [0.15, 0.2) is 5.78 Å². The van der Waals surface area contributed by atoms with Crippen molar-refractivity contribution >= 4 is 25.1 Å². The molecule has 0 aliphatic heterocycles. The van der Waals surface area contributed by atoms with Gasteiger partial charge >= 0.3 is 0 Å². The number of hydrogen-bond acceptors (Lipinski definition) is 3. The summed E-state index contributed by atoms with van der Waals surface area (Å²) in [5.41, 5.74) is 6.91. The molecule has 5 atom stereocenters. The highest BCUT2D eigenvalue weighted by atomic mass is 16.1. The van der Waals surface area contributed by atoms with Crippen LogP contribution in [-0.2, 0) is 9.59 Å². The van der Waals surface area contributed by atoms with E-state index in [0.29, 0.717) is 24.2 Å². The number of hydrogen-bond donors (Lipinski definition) is 0. The standard InChI is InChI=1S/C28H34BNO2/c1-28-15-23(17-4-7-19(8-5-17)30(2)3)27-21-11-9-20(31)14-18(21)6-10-22(27)24(28)12-13-25(28)26(32)16-29/h4-5,7-8,14,22-25H,6,9-13,15-16H2,1-3H3. The van der Waals surface area contributed by atoms with Gasteiger partial charge in [-0.2, -0.15) is 0 Å². The lowest BCUT2D eigenvalue weighted by Crippen LogP contribution is -2.45. The number of carbonyl (C=O) groups excluding carboxylic acids is 2. The summed E-state index contributed by atoms with van der Waals surface area (Å²) in [5, 5.41) is 0. The lowest BCUT2D eigenvalue weighted by Gasteiger charge is -2.52. The number of carbonyl (C=O) groups is 2. The van der Waals surface area contributed by atoms with Crippen LogP contribution in [0.15, 0.2) is 47.1 Å². The van der Waals surface area contributed by atoms with Crippen LogP contribution >= 0.6 is 0 Å². The van der Waals surface area contributed by atoms with E-state index < -0.39 is 0 Å². The smallest absolute Gasteiger partial charge is 0.156 e. The van der Waals surface area contributed by atoms with E-state index in [1.165, 1.54) is 22.4 Å². The SMILES string of the molecule is [B]CC(=O)C1CCC2C3CCC4=CC(=O)CCC4=C3C(c3ccc(N(C)C)cc3)CC12C. The van der Waals surface area contributed by atoms with Gasteiger partial charge in [0.2, 0.25) is 0 Å². The van der Waals surface area contributed by atoms with Crippen LogP contribution in [0, 0.1) is 23.2 Å². The Labute approximate surface area is 193 Å². The van der Waals surface area contributed by atoms with Crippen LogP contribution in [0.3, 0.4) is 0 Å². The van der Waals surface area contributed by atoms with Gasteiger partial charge in [0.05, 0.1) is 7.85 Å². The summed E-state index contributed by atoms with van der Waals surface area (Å²) in [6.45, 7) is 2.38. The van der Waals surface area contributed by atoms with Crippen molar-refractivity contribution in [1.82, 2.24) is 0 Å². The Bertz CT molecular complexity index is 1000. The molecule has 2 saturated carbocycles. The average molecular weight is 427 g/mol. The molecule has 3 nitrogen and oxygen atoms in total. The zero-order valence-electron chi connectivity index (χ0n) is 19.7. The second-order valence-corrected chi connectivity index (χ2v) is 10.9. The van der Waals surface area contributed by atoms with E-state index in [-0.39, 0.29) is 29.2 Å². The summed E-state index contributed by atoms with van der Waals surface area (Å²) < 4.78 is 0. The van der Waals surface area contributed by atoms with Crippen molar-refractivity contribution in [3.63, 3.8) is 0 Å². The third-order valence-electron chi connectivity index (χ3n) is 9.13. The zero-order chi connectivity index (χ0) is 22.6. The molecule has 4 heteroatoms. The van der Waals surface area contributed by atoms with Crippen molar-refractivity contribution in [3.8, 4) is 0 Å². The second kappa shape index (κ2) is 8.04. The van der Waals surface area contributed by atoms with Gasteiger partial charge in [-0.3, -0.25) is 4.79 Å². The highest BCUT2D eigenvalue weighted by molar-refractivity contribution is 6.20. The fraction of sp³-hybridized carbons (Fsp3) is 0.571. The molecule has 166 valence electrons. The lowest BCUT2D eigenvalue weighted by atomic mass is 9.51. The first-order chi connectivity index (χ1) is 15.3. The van der Waals surface area contributed by atoms with Gasteiger partial charge in [0.1, 0.15) is 5.78 Å². The van der Waals surface area contributed by atoms with Gasteiger partial charge in [-0.05, 0) is 97.0 Å². The minimum atomic E-state index is 0.00176. The first-order valence-corrected chi connectivity index (χ1v) is 12.3. The first kappa shape index (κ1) is 21.7. The molecule has 2 radical (unpaired) electrons. The number of nitrogens with zero attached hydrogens (tertiary/aromatic N) is 1. The molecule has 5 rings (SSSR count). The van der Waals surface area contributed by atoms with E-state index in [2.05, 4.69) is 50.2 Å². The molecule has 0 aromatic heterocycles. The number of Topliss-reactive ketones (excluding diaryl/α,β-unsaturated/α-hetero) is 1. The monoisotopic (exact) mass is 427 g/mol. The number of rotatable bonds is 4.